The van der Waals surface area contributed by atoms with Gasteiger partial charge in [-0.25, -0.2) is 0 Å². The normalized spacial score (nSPS) is 30.3. The molecule has 0 saturated carbocycles. The Bertz CT molecular complexity index is 821. The Morgan fingerprint density at radius 2 is 1.58 bits per heavy atom. The Hall–Kier alpha value is -2.74. The van der Waals surface area contributed by atoms with Crippen LogP contribution in [0.25, 0.3) is 0 Å². The molecule has 4 unspecified atom stereocenters. The van der Waals surface area contributed by atoms with Crippen LogP contribution >= 0.6 is 0 Å². The Labute approximate surface area is 141 Å². The van der Waals surface area contributed by atoms with Crippen molar-refractivity contribution in [1.82, 2.24) is 0 Å². The second kappa shape index (κ2) is 6.04. The molecule has 0 radical (unpaired) electrons. The quantitative estimate of drug-likeness (QED) is 0.792. The minimum Gasteiger partial charge on any atom is -0.294 e. The fourth-order valence-corrected chi connectivity index (χ4v) is 3.62. The SMILES string of the molecule is O=C1C=CC(=CC(c2ccccc2)C2C=CC=CC2=O)C2C=CC12. The molecule has 3 aliphatic carbocycles. The predicted molar refractivity (Wildman–Crippen MR) is 94.3 cm³/mol. The minimum absolute atomic E-state index is 0.0184. The number of hydrogen-bond donors (Lipinski definition) is 0. The highest BCUT2D eigenvalue weighted by molar-refractivity contribution is 5.97. The van der Waals surface area contributed by atoms with Crippen molar-refractivity contribution in [3.63, 3.8) is 0 Å². The van der Waals surface area contributed by atoms with Crippen molar-refractivity contribution in [2.75, 3.05) is 0 Å². The van der Waals surface area contributed by atoms with E-state index in [0.717, 1.165) is 11.1 Å². The molecule has 0 aliphatic heterocycles. The van der Waals surface area contributed by atoms with Crippen LogP contribution in [0.5, 0.6) is 0 Å². The first-order valence-electron chi connectivity index (χ1n) is 8.29. The molecular weight excluding hydrogens is 296 g/mol. The van der Waals surface area contributed by atoms with Gasteiger partial charge >= 0.3 is 0 Å². The molecule has 0 heterocycles. The topological polar surface area (TPSA) is 34.1 Å². The molecule has 3 aliphatic rings. The summed E-state index contributed by atoms with van der Waals surface area (Å²) in [5, 5.41) is 0. The number of ketones is 2. The number of allylic oxidation sites excluding steroid dienone is 10. The third-order valence-corrected chi connectivity index (χ3v) is 5.03. The van der Waals surface area contributed by atoms with Gasteiger partial charge in [0.2, 0.25) is 0 Å². The smallest absolute Gasteiger partial charge is 0.163 e. The second-order valence-electron chi connectivity index (χ2n) is 6.45. The summed E-state index contributed by atoms with van der Waals surface area (Å²) >= 11 is 0. The molecule has 0 saturated heterocycles. The molecule has 0 aromatic heterocycles. The van der Waals surface area contributed by atoms with E-state index in [0.29, 0.717) is 0 Å². The van der Waals surface area contributed by atoms with Gasteiger partial charge in [-0.3, -0.25) is 9.59 Å². The molecule has 24 heavy (non-hydrogen) atoms. The van der Waals surface area contributed by atoms with Crippen molar-refractivity contribution >= 4 is 11.6 Å². The zero-order valence-electron chi connectivity index (χ0n) is 13.2. The summed E-state index contributed by atoms with van der Waals surface area (Å²) in [7, 11) is 0. The zero-order valence-corrected chi connectivity index (χ0v) is 13.2. The maximum absolute atomic E-state index is 12.4. The first kappa shape index (κ1) is 14.8. The average Bonchev–Trinajstić information content (AvgIpc) is 2.57. The minimum atomic E-state index is -0.196. The van der Waals surface area contributed by atoms with Crippen LogP contribution in [-0.4, -0.2) is 11.6 Å². The van der Waals surface area contributed by atoms with E-state index in [2.05, 4.69) is 24.3 Å². The lowest BCUT2D eigenvalue weighted by molar-refractivity contribution is -0.118. The first-order chi connectivity index (χ1) is 11.7. The maximum Gasteiger partial charge on any atom is 0.163 e. The average molecular weight is 314 g/mol. The highest BCUT2D eigenvalue weighted by Gasteiger charge is 2.35. The van der Waals surface area contributed by atoms with Crippen molar-refractivity contribution < 1.29 is 9.59 Å². The molecule has 0 bridgehead atoms. The van der Waals surface area contributed by atoms with E-state index in [1.54, 1.807) is 18.2 Å². The fraction of sp³-hybridized carbons (Fsp3) is 0.182. The molecule has 118 valence electrons. The summed E-state index contributed by atoms with van der Waals surface area (Å²) in [6.07, 6.45) is 17.1. The number of carbonyl (C=O) groups is 2. The van der Waals surface area contributed by atoms with Gasteiger partial charge in [-0.05, 0) is 23.3 Å². The van der Waals surface area contributed by atoms with Crippen LogP contribution < -0.4 is 0 Å². The van der Waals surface area contributed by atoms with Gasteiger partial charge in [0.1, 0.15) is 0 Å². The van der Waals surface area contributed by atoms with Crippen molar-refractivity contribution in [2.24, 2.45) is 17.8 Å². The largest absolute Gasteiger partial charge is 0.294 e. The number of hydrogen-bond acceptors (Lipinski definition) is 2. The zero-order chi connectivity index (χ0) is 16.5. The van der Waals surface area contributed by atoms with Gasteiger partial charge < -0.3 is 0 Å². The van der Waals surface area contributed by atoms with Gasteiger partial charge in [0, 0.05) is 11.8 Å². The molecule has 1 aromatic rings. The van der Waals surface area contributed by atoms with Gasteiger partial charge in [-0.2, -0.15) is 0 Å². The second-order valence-corrected chi connectivity index (χ2v) is 6.45. The Kier molecular flexibility index (Phi) is 3.73. The van der Waals surface area contributed by atoms with Crippen LogP contribution in [0, 0.1) is 17.8 Å². The molecule has 0 spiro atoms. The standard InChI is InChI=1S/C22H18O2/c23-21-9-5-4-8-18(21)20(15-6-2-1-3-7-15)14-16-10-13-22(24)19-12-11-17(16)19/h1-14,17-20H. The Morgan fingerprint density at radius 1 is 0.792 bits per heavy atom. The van der Waals surface area contributed by atoms with Crippen molar-refractivity contribution in [1.29, 1.82) is 0 Å². The van der Waals surface area contributed by atoms with Gasteiger partial charge in [-0.1, -0.05) is 72.9 Å². The molecular formula is C22H18O2. The van der Waals surface area contributed by atoms with Crippen LogP contribution in [0.1, 0.15) is 11.5 Å². The highest BCUT2D eigenvalue weighted by Crippen LogP contribution is 2.40. The Morgan fingerprint density at radius 3 is 2.29 bits per heavy atom. The lowest BCUT2D eigenvalue weighted by Gasteiger charge is -2.33. The van der Waals surface area contributed by atoms with E-state index in [1.165, 1.54) is 0 Å². The third-order valence-electron chi connectivity index (χ3n) is 5.03. The lowest BCUT2D eigenvalue weighted by Crippen LogP contribution is -2.30. The van der Waals surface area contributed by atoms with Crippen LogP contribution in [0.3, 0.4) is 0 Å². The molecule has 0 amide bonds. The van der Waals surface area contributed by atoms with Crippen molar-refractivity contribution in [3.05, 3.63) is 96.2 Å². The summed E-state index contributed by atoms with van der Waals surface area (Å²) in [6.45, 7) is 0. The van der Waals surface area contributed by atoms with Gasteiger partial charge in [-0.15, -0.1) is 0 Å². The van der Waals surface area contributed by atoms with Gasteiger partial charge in [0.15, 0.2) is 11.6 Å². The van der Waals surface area contributed by atoms with E-state index in [4.69, 9.17) is 0 Å². The van der Waals surface area contributed by atoms with E-state index in [-0.39, 0.29) is 35.2 Å². The first-order valence-corrected chi connectivity index (χ1v) is 8.29. The fourth-order valence-electron chi connectivity index (χ4n) is 3.62. The van der Waals surface area contributed by atoms with E-state index in [1.807, 2.05) is 42.5 Å². The molecule has 2 heteroatoms. The molecule has 1 aromatic carbocycles. The highest BCUT2D eigenvalue weighted by atomic mass is 16.1. The summed E-state index contributed by atoms with van der Waals surface area (Å²) in [5.74, 6) is 0.218. The molecule has 2 nitrogen and oxygen atoms in total. The monoisotopic (exact) mass is 314 g/mol. The van der Waals surface area contributed by atoms with Crippen LogP contribution in [0.15, 0.2) is 90.6 Å². The molecule has 4 rings (SSSR count). The summed E-state index contributed by atoms with van der Waals surface area (Å²) in [4.78, 5) is 24.3. The van der Waals surface area contributed by atoms with E-state index in [9.17, 15) is 9.59 Å². The number of fused-ring (bicyclic) bond motifs is 1. The molecule has 0 fully saturated rings. The summed E-state index contributed by atoms with van der Waals surface area (Å²) in [6, 6.07) is 10.1. The van der Waals surface area contributed by atoms with Crippen molar-refractivity contribution in [3.8, 4) is 0 Å². The lowest BCUT2D eigenvalue weighted by atomic mass is 9.69. The molecule has 0 N–H and O–H groups in total. The van der Waals surface area contributed by atoms with E-state index < -0.39 is 0 Å². The van der Waals surface area contributed by atoms with Crippen LogP contribution in [0.2, 0.25) is 0 Å². The summed E-state index contributed by atoms with van der Waals surface area (Å²) in [5.41, 5.74) is 2.25. The van der Waals surface area contributed by atoms with Gasteiger partial charge in [0.25, 0.3) is 0 Å². The van der Waals surface area contributed by atoms with E-state index >= 15 is 0 Å². The third kappa shape index (κ3) is 2.54. The number of benzene rings is 1. The van der Waals surface area contributed by atoms with Crippen LogP contribution in [-0.2, 0) is 9.59 Å². The van der Waals surface area contributed by atoms with Gasteiger partial charge in [0.05, 0.1) is 11.8 Å². The maximum atomic E-state index is 12.4. The summed E-state index contributed by atoms with van der Waals surface area (Å²) < 4.78 is 0. The van der Waals surface area contributed by atoms with Crippen LogP contribution in [0.4, 0.5) is 0 Å². The predicted octanol–water partition coefficient (Wildman–Crippen LogP) is 3.95. The number of carbonyl (C=O) groups excluding carboxylic acids is 2. The Balaban J connectivity index is 1.75. The van der Waals surface area contributed by atoms with Crippen molar-refractivity contribution in [2.45, 2.75) is 5.92 Å². The number of rotatable bonds is 3. The molecule has 4 atom stereocenters.